The van der Waals surface area contributed by atoms with Crippen LogP contribution < -0.4 is 10.9 Å². The molecular weight excluding hydrogens is 248 g/mol. The topological polar surface area (TPSA) is 41.1 Å². The van der Waals surface area contributed by atoms with E-state index in [4.69, 9.17) is 0 Å². The minimum absolute atomic E-state index is 0.0134. The summed E-state index contributed by atoms with van der Waals surface area (Å²) >= 11 is 0. The Morgan fingerprint density at radius 3 is 2.50 bits per heavy atom. The van der Waals surface area contributed by atoms with E-state index in [2.05, 4.69) is 31.6 Å². The number of hydrogen-bond donors (Lipinski definition) is 2. The van der Waals surface area contributed by atoms with Crippen LogP contribution >= 0.6 is 0 Å². The van der Waals surface area contributed by atoms with Gasteiger partial charge in [0.25, 0.3) is 0 Å². The van der Waals surface area contributed by atoms with Gasteiger partial charge in [0.15, 0.2) is 5.78 Å². The van der Waals surface area contributed by atoms with E-state index in [9.17, 15) is 4.79 Å². The van der Waals surface area contributed by atoms with E-state index >= 15 is 0 Å². The monoisotopic (exact) mass is 270 g/mol. The molecule has 3 nitrogen and oxygen atoms in total. The first-order valence-electron chi connectivity index (χ1n) is 7.28. The fourth-order valence-corrected chi connectivity index (χ4v) is 3.72. The zero-order valence-electron chi connectivity index (χ0n) is 12.4. The van der Waals surface area contributed by atoms with Crippen molar-refractivity contribution >= 4 is 11.5 Å². The van der Waals surface area contributed by atoms with Crippen molar-refractivity contribution in [2.75, 3.05) is 5.43 Å². The summed E-state index contributed by atoms with van der Waals surface area (Å²) in [6, 6.07) is 9.97. The smallest absolute Gasteiger partial charge is 0.161 e. The molecular formula is C17H22N2O. The zero-order chi connectivity index (χ0) is 14.4. The third-order valence-corrected chi connectivity index (χ3v) is 5.57. The van der Waals surface area contributed by atoms with Gasteiger partial charge in [-0.05, 0) is 30.4 Å². The van der Waals surface area contributed by atoms with Gasteiger partial charge < -0.3 is 10.9 Å². The third-order valence-electron chi connectivity index (χ3n) is 5.57. The van der Waals surface area contributed by atoms with Crippen LogP contribution in [0.15, 0.2) is 42.1 Å². The summed E-state index contributed by atoms with van der Waals surface area (Å²) in [6.07, 6.45) is 3.86. The first kappa shape index (κ1) is 13.2. The van der Waals surface area contributed by atoms with Crippen molar-refractivity contribution in [3.8, 4) is 0 Å². The van der Waals surface area contributed by atoms with E-state index < -0.39 is 0 Å². The SMILES string of the molecule is CC1(C)[C@H]2CC[C@]1(C)C(NNc1ccccc1)=CC2=O. The number of benzene rings is 1. The molecule has 0 saturated heterocycles. The molecule has 3 heteroatoms. The molecule has 2 bridgehead atoms. The summed E-state index contributed by atoms with van der Waals surface area (Å²) in [5.74, 6) is 0.442. The number of fused-ring (bicyclic) bond motifs is 2. The second-order valence-corrected chi connectivity index (χ2v) is 6.72. The van der Waals surface area contributed by atoms with E-state index in [1.807, 2.05) is 30.3 Å². The largest absolute Gasteiger partial charge is 0.304 e. The van der Waals surface area contributed by atoms with E-state index in [0.29, 0.717) is 0 Å². The maximum Gasteiger partial charge on any atom is 0.161 e. The number of hydrogen-bond acceptors (Lipinski definition) is 3. The van der Waals surface area contributed by atoms with Gasteiger partial charge in [-0.25, -0.2) is 0 Å². The van der Waals surface area contributed by atoms with Gasteiger partial charge in [0, 0.05) is 23.1 Å². The van der Waals surface area contributed by atoms with Crippen molar-refractivity contribution in [3.05, 3.63) is 42.1 Å². The molecule has 0 aromatic heterocycles. The normalized spacial score (nSPS) is 30.9. The van der Waals surface area contributed by atoms with Crippen molar-refractivity contribution in [1.29, 1.82) is 0 Å². The average Bonchev–Trinajstić information content (AvgIpc) is 2.58. The molecule has 0 radical (unpaired) electrons. The van der Waals surface area contributed by atoms with Crippen LogP contribution in [-0.4, -0.2) is 5.78 Å². The quantitative estimate of drug-likeness (QED) is 0.826. The van der Waals surface area contributed by atoms with Crippen LogP contribution in [0, 0.1) is 16.7 Å². The van der Waals surface area contributed by atoms with Gasteiger partial charge >= 0.3 is 0 Å². The number of hydrazine groups is 1. The van der Waals surface area contributed by atoms with Gasteiger partial charge in [-0.1, -0.05) is 39.0 Å². The highest BCUT2D eigenvalue weighted by Gasteiger charge is 2.58. The molecule has 0 unspecified atom stereocenters. The standard InChI is InChI=1S/C17H22N2O/c1-16(2)13-9-10-17(16,3)15(11-14(13)20)19-18-12-7-5-4-6-8-12/h4-8,11,13,18-19H,9-10H2,1-3H3/t13-,17+/m0/s1. The summed E-state index contributed by atoms with van der Waals surface area (Å²) in [5, 5.41) is 0. The molecule has 0 amide bonds. The van der Waals surface area contributed by atoms with Crippen LogP contribution in [0.5, 0.6) is 0 Å². The molecule has 3 rings (SSSR count). The second kappa shape index (κ2) is 4.37. The van der Waals surface area contributed by atoms with Crippen LogP contribution in [0.4, 0.5) is 5.69 Å². The predicted octanol–water partition coefficient (Wildman–Crippen LogP) is 3.51. The van der Waals surface area contributed by atoms with Gasteiger partial charge in [-0.3, -0.25) is 4.79 Å². The molecule has 2 aliphatic rings. The summed E-state index contributed by atoms with van der Waals surface area (Å²) in [5.41, 5.74) is 8.56. The number of rotatable bonds is 3. The Kier molecular flexibility index (Phi) is 2.89. The molecule has 1 aromatic rings. The predicted molar refractivity (Wildman–Crippen MR) is 80.9 cm³/mol. The van der Waals surface area contributed by atoms with Crippen molar-refractivity contribution in [1.82, 2.24) is 5.43 Å². The average molecular weight is 270 g/mol. The lowest BCUT2D eigenvalue weighted by Crippen LogP contribution is -2.46. The Balaban J connectivity index is 1.84. The molecule has 2 aliphatic carbocycles. The molecule has 2 N–H and O–H groups in total. The summed E-state index contributed by atoms with van der Waals surface area (Å²) in [4.78, 5) is 12.3. The lowest BCUT2D eigenvalue weighted by molar-refractivity contribution is -0.123. The second-order valence-electron chi connectivity index (χ2n) is 6.72. The Bertz CT molecular complexity index is 562. The molecule has 1 fully saturated rings. The number of nitrogens with one attached hydrogen (secondary N) is 2. The number of anilines is 1. The highest BCUT2D eigenvalue weighted by atomic mass is 16.1. The first-order chi connectivity index (χ1) is 9.45. The Morgan fingerprint density at radius 1 is 1.10 bits per heavy atom. The molecule has 0 aliphatic heterocycles. The molecule has 0 heterocycles. The maximum absolute atomic E-state index is 12.3. The zero-order valence-corrected chi connectivity index (χ0v) is 12.4. The van der Waals surface area contributed by atoms with E-state index in [0.717, 1.165) is 24.2 Å². The molecule has 20 heavy (non-hydrogen) atoms. The highest BCUT2D eigenvalue weighted by Crippen LogP contribution is 2.61. The van der Waals surface area contributed by atoms with Gasteiger partial charge in [0.1, 0.15) is 0 Å². The maximum atomic E-state index is 12.3. The number of carbonyl (C=O) groups excluding carboxylic acids is 1. The highest BCUT2D eigenvalue weighted by molar-refractivity contribution is 5.95. The molecule has 1 saturated carbocycles. The van der Waals surface area contributed by atoms with E-state index in [1.165, 1.54) is 0 Å². The van der Waals surface area contributed by atoms with Crippen molar-refractivity contribution < 1.29 is 4.79 Å². The van der Waals surface area contributed by atoms with Gasteiger partial charge in [-0.15, -0.1) is 0 Å². The summed E-state index contributed by atoms with van der Waals surface area (Å²) in [7, 11) is 0. The number of carbonyl (C=O) groups is 1. The Morgan fingerprint density at radius 2 is 1.80 bits per heavy atom. The first-order valence-corrected chi connectivity index (χ1v) is 7.28. The Labute approximate surface area is 120 Å². The van der Waals surface area contributed by atoms with Crippen LogP contribution in [0.1, 0.15) is 33.6 Å². The number of allylic oxidation sites excluding steroid dienone is 2. The van der Waals surface area contributed by atoms with Gasteiger partial charge in [0.2, 0.25) is 0 Å². The molecule has 2 atom stereocenters. The van der Waals surface area contributed by atoms with Gasteiger partial charge in [0.05, 0.1) is 5.69 Å². The molecule has 106 valence electrons. The summed E-state index contributed by atoms with van der Waals surface area (Å²) in [6.45, 7) is 6.71. The lowest BCUT2D eigenvalue weighted by atomic mass is 9.60. The molecule has 0 spiro atoms. The number of ketones is 1. The fourth-order valence-electron chi connectivity index (χ4n) is 3.72. The van der Waals surface area contributed by atoms with Crippen LogP contribution in [0.2, 0.25) is 0 Å². The van der Waals surface area contributed by atoms with Crippen molar-refractivity contribution in [3.63, 3.8) is 0 Å². The lowest BCUT2D eigenvalue weighted by Gasteiger charge is -2.45. The fraction of sp³-hybridized carbons (Fsp3) is 0.471. The van der Waals surface area contributed by atoms with Crippen molar-refractivity contribution in [2.45, 2.75) is 33.6 Å². The Hall–Kier alpha value is -1.77. The van der Waals surface area contributed by atoms with Crippen LogP contribution in [0.3, 0.4) is 0 Å². The minimum Gasteiger partial charge on any atom is -0.304 e. The van der Waals surface area contributed by atoms with Crippen LogP contribution in [0.25, 0.3) is 0 Å². The van der Waals surface area contributed by atoms with Crippen LogP contribution in [-0.2, 0) is 4.79 Å². The molecule has 1 aromatic carbocycles. The van der Waals surface area contributed by atoms with Gasteiger partial charge in [-0.2, -0.15) is 0 Å². The number of para-hydroxylation sites is 1. The van der Waals surface area contributed by atoms with E-state index in [1.54, 1.807) is 6.08 Å². The van der Waals surface area contributed by atoms with E-state index in [-0.39, 0.29) is 22.5 Å². The van der Waals surface area contributed by atoms with Crippen molar-refractivity contribution in [2.24, 2.45) is 16.7 Å². The third kappa shape index (κ3) is 1.76. The summed E-state index contributed by atoms with van der Waals surface area (Å²) < 4.78 is 0. The minimum atomic E-state index is 0.0134.